The summed E-state index contributed by atoms with van der Waals surface area (Å²) in [6.07, 6.45) is -3.16. The minimum atomic E-state index is -4.41. The summed E-state index contributed by atoms with van der Waals surface area (Å²) in [5, 5.41) is 5.71. The summed E-state index contributed by atoms with van der Waals surface area (Å²) >= 11 is 0. The average Bonchev–Trinajstić information content (AvgIpc) is 2.47. The van der Waals surface area contributed by atoms with Gasteiger partial charge < -0.3 is 20.1 Å². The number of nitrogens with one attached hydrogen (secondary N) is 2. The topological polar surface area (TPSA) is 72.5 Å². The lowest BCUT2D eigenvalue weighted by atomic mass is 10.2. The zero-order chi connectivity index (χ0) is 16.0. The number of aromatic nitrogens is 1. The van der Waals surface area contributed by atoms with Gasteiger partial charge in [0.2, 0.25) is 11.8 Å². The van der Waals surface area contributed by atoms with Crippen LogP contribution in [-0.4, -0.2) is 49.5 Å². The molecule has 1 aliphatic rings. The van der Waals surface area contributed by atoms with E-state index in [2.05, 4.69) is 20.4 Å². The maximum atomic E-state index is 12.0. The summed E-state index contributed by atoms with van der Waals surface area (Å²) in [4.78, 5) is 15.5. The van der Waals surface area contributed by atoms with Gasteiger partial charge >= 0.3 is 6.18 Å². The maximum Gasteiger partial charge on any atom is 0.422 e. The van der Waals surface area contributed by atoms with Gasteiger partial charge in [-0.3, -0.25) is 4.79 Å². The molecule has 0 saturated carbocycles. The number of alkyl halides is 3. The first kappa shape index (κ1) is 16.5. The predicted molar refractivity (Wildman–Crippen MR) is 71.6 cm³/mol. The number of pyridine rings is 1. The van der Waals surface area contributed by atoms with E-state index >= 15 is 0 Å². The molecule has 1 aromatic heterocycles. The largest absolute Gasteiger partial charge is 0.468 e. The lowest BCUT2D eigenvalue weighted by molar-refractivity contribution is -0.154. The van der Waals surface area contributed by atoms with Crippen molar-refractivity contribution in [2.45, 2.75) is 18.7 Å². The van der Waals surface area contributed by atoms with E-state index in [9.17, 15) is 18.0 Å². The van der Waals surface area contributed by atoms with Crippen LogP contribution in [0.3, 0.4) is 0 Å². The summed E-state index contributed by atoms with van der Waals surface area (Å²) in [6.45, 7) is 0.528. The van der Waals surface area contributed by atoms with Crippen LogP contribution < -0.4 is 15.4 Å². The van der Waals surface area contributed by atoms with Crippen LogP contribution in [0.1, 0.15) is 6.42 Å². The molecule has 2 N–H and O–H groups in total. The zero-order valence-corrected chi connectivity index (χ0v) is 11.7. The minimum Gasteiger partial charge on any atom is -0.468 e. The Hall–Kier alpha value is -1.87. The molecule has 1 aliphatic heterocycles. The summed E-state index contributed by atoms with van der Waals surface area (Å²) in [5.74, 6) is -0.408. The van der Waals surface area contributed by atoms with Gasteiger partial charge in [-0.1, -0.05) is 0 Å². The Morgan fingerprint density at radius 3 is 2.91 bits per heavy atom. The van der Waals surface area contributed by atoms with Crippen molar-refractivity contribution < 1.29 is 27.4 Å². The summed E-state index contributed by atoms with van der Waals surface area (Å²) in [7, 11) is 0. The lowest BCUT2D eigenvalue weighted by Gasteiger charge is -2.23. The third kappa shape index (κ3) is 5.86. The van der Waals surface area contributed by atoms with Gasteiger partial charge in [-0.25, -0.2) is 4.98 Å². The highest BCUT2D eigenvalue weighted by Gasteiger charge is 2.28. The van der Waals surface area contributed by atoms with Gasteiger partial charge in [-0.15, -0.1) is 0 Å². The molecule has 2 heterocycles. The molecule has 122 valence electrons. The number of nitrogens with zero attached hydrogens (tertiary/aromatic N) is 1. The number of hydrogen-bond donors (Lipinski definition) is 2. The molecule has 0 aromatic carbocycles. The number of amides is 1. The van der Waals surface area contributed by atoms with E-state index in [1.807, 2.05) is 0 Å². The fraction of sp³-hybridized carbons (Fsp3) is 0.538. The van der Waals surface area contributed by atoms with Crippen molar-refractivity contribution >= 4 is 11.6 Å². The van der Waals surface area contributed by atoms with Crippen molar-refractivity contribution in [3.05, 3.63) is 18.3 Å². The Morgan fingerprint density at radius 2 is 2.32 bits per heavy atom. The Bertz CT molecular complexity index is 488. The average molecular weight is 319 g/mol. The molecular weight excluding hydrogens is 303 g/mol. The summed E-state index contributed by atoms with van der Waals surface area (Å²) < 4.78 is 45.8. The highest BCUT2D eigenvalue weighted by molar-refractivity contribution is 5.90. The third-order valence-electron chi connectivity index (χ3n) is 2.82. The normalized spacial score (nSPS) is 18.8. The number of carbonyl (C=O) groups is 1. The van der Waals surface area contributed by atoms with Crippen LogP contribution in [0.4, 0.5) is 18.9 Å². The Labute approximate surface area is 125 Å². The van der Waals surface area contributed by atoms with Crippen LogP contribution in [-0.2, 0) is 9.53 Å². The molecule has 0 radical (unpaired) electrons. The van der Waals surface area contributed by atoms with E-state index < -0.39 is 12.8 Å². The standard InChI is InChI=1S/C13H16F3N3O3/c14-13(15,16)8-22-12-2-1-9(6-18-12)19-11(20)5-10-7-17-3-4-21-10/h1-2,6,10,17H,3-5,7-8H2,(H,19,20). The van der Waals surface area contributed by atoms with Gasteiger partial charge in [0.05, 0.1) is 31.0 Å². The van der Waals surface area contributed by atoms with Gasteiger partial charge in [0.15, 0.2) is 6.61 Å². The number of morpholine rings is 1. The van der Waals surface area contributed by atoms with E-state index in [0.29, 0.717) is 18.8 Å². The number of rotatable bonds is 5. The van der Waals surface area contributed by atoms with Crippen LogP contribution in [0.15, 0.2) is 18.3 Å². The van der Waals surface area contributed by atoms with Crippen molar-refractivity contribution in [2.24, 2.45) is 0 Å². The Morgan fingerprint density at radius 1 is 1.50 bits per heavy atom. The maximum absolute atomic E-state index is 12.0. The van der Waals surface area contributed by atoms with Crippen LogP contribution in [0.5, 0.6) is 5.88 Å². The van der Waals surface area contributed by atoms with Crippen molar-refractivity contribution in [1.29, 1.82) is 0 Å². The quantitative estimate of drug-likeness (QED) is 0.857. The molecule has 6 nitrogen and oxygen atoms in total. The molecule has 1 aromatic rings. The minimum absolute atomic E-state index is 0.157. The molecule has 0 aliphatic carbocycles. The molecule has 9 heteroatoms. The number of ether oxygens (including phenoxy) is 2. The van der Waals surface area contributed by atoms with Crippen molar-refractivity contribution in [2.75, 3.05) is 31.6 Å². The molecule has 0 spiro atoms. The van der Waals surface area contributed by atoms with Crippen LogP contribution in [0.25, 0.3) is 0 Å². The summed E-state index contributed by atoms with van der Waals surface area (Å²) in [6, 6.07) is 2.69. The van der Waals surface area contributed by atoms with Crippen LogP contribution in [0, 0.1) is 0 Å². The molecule has 1 unspecified atom stereocenters. The van der Waals surface area contributed by atoms with Crippen LogP contribution in [0.2, 0.25) is 0 Å². The Kier molecular flexibility index (Phi) is 5.56. The van der Waals surface area contributed by atoms with Gasteiger partial charge in [0.25, 0.3) is 0 Å². The number of anilines is 1. The molecule has 2 rings (SSSR count). The van der Waals surface area contributed by atoms with E-state index in [1.54, 1.807) is 0 Å². The highest BCUT2D eigenvalue weighted by Crippen LogP contribution is 2.18. The van der Waals surface area contributed by atoms with E-state index in [0.717, 1.165) is 6.54 Å². The fourth-order valence-electron chi connectivity index (χ4n) is 1.87. The second kappa shape index (κ2) is 7.41. The number of halogens is 3. The molecule has 1 saturated heterocycles. The SMILES string of the molecule is O=C(CC1CNCCO1)Nc1ccc(OCC(F)(F)F)nc1. The van der Waals surface area contributed by atoms with E-state index in [4.69, 9.17) is 4.74 Å². The van der Waals surface area contributed by atoms with Gasteiger partial charge in [-0.05, 0) is 6.07 Å². The first-order valence-corrected chi connectivity index (χ1v) is 6.70. The second-order valence-electron chi connectivity index (χ2n) is 4.74. The summed E-state index contributed by atoms with van der Waals surface area (Å²) in [5.41, 5.74) is 0.383. The second-order valence-corrected chi connectivity index (χ2v) is 4.74. The molecule has 1 atom stereocenters. The third-order valence-corrected chi connectivity index (χ3v) is 2.82. The van der Waals surface area contributed by atoms with Gasteiger partial charge in [0.1, 0.15) is 0 Å². The number of hydrogen-bond acceptors (Lipinski definition) is 5. The molecular formula is C13H16F3N3O3. The molecule has 0 bridgehead atoms. The monoisotopic (exact) mass is 319 g/mol. The Balaban J connectivity index is 1.79. The van der Waals surface area contributed by atoms with Crippen molar-refractivity contribution in [1.82, 2.24) is 10.3 Å². The molecule has 1 fully saturated rings. The van der Waals surface area contributed by atoms with Crippen molar-refractivity contribution in [3.8, 4) is 5.88 Å². The van der Waals surface area contributed by atoms with Gasteiger partial charge in [-0.2, -0.15) is 13.2 Å². The van der Waals surface area contributed by atoms with Crippen LogP contribution >= 0.6 is 0 Å². The zero-order valence-electron chi connectivity index (χ0n) is 11.7. The first-order chi connectivity index (χ1) is 10.4. The fourth-order valence-corrected chi connectivity index (χ4v) is 1.87. The molecule has 22 heavy (non-hydrogen) atoms. The van der Waals surface area contributed by atoms with Gasteiger partial charge in [0, 0.05) is 19.2 Å². The molecule has 1 amide bonds. The number of carbonyl (C=O) groups excluding carboxylic acids is 1. The van der Waals surface area contributed by atoms with Crippen molar-refractivity contribution in [3.63, 3.8) is 0 Å². The highest BCUT2D eigenvalue weighted by atomic mass is 19.4. The smallest absolute Gasteiger partial charge is 0.422 e. The lowest BCUT2D eigenvalue weighted by Crippen LogP contribution is -2.40. The van der Waals surface area contributed by atoms with E-state index in [1.165, 1.54) is 18.3 Å². The first-order valence-electron chi connectivity index (χ1n) is 6.70. The predicted octanol–water partition coefficient (Wildman–Crippen LogP) is 1.34. The van der Waals surface area contributed by atoms with E-state index in [-0.39, 0.29) is 24.3 Å².